The van der Waals surface area contributed by atoms with Gasteiger partial charge in [0.15, 0.2) is 16.7 Å². The smallest absolute Gasteiger partial charge is 0.339 e. The van der Waals surface area contributed by atoms with E-state index in [1.807, 2.05) is 41.0 Å². The number of aryl methyl sites for hydroxylation is 1. The van der Waals surface area contributed by atoms with Crippen molar-refractivity contribution in [2.75, 3.05) is 7.11 Å². The second kappa shape index (κ2) is 8.88. The number of carbonyl (C=O) groups is 2. The molecule has 0 saturated heterocycles. The normalized spacial score (nSPS) is 12.0. The SMILES string of the molecule is COC(=O)c1c(C)[nH]c(C(=O)C(C)Sc2nnc(-c3ccco3)n2-c2ccccc2)c1C. The van der Waals surface area contributed by atoms with Gasteiger partial charge in [-0.2, -0.15) is 0 Å². The van der Waals surface area contributed by atoms with Gasteiger partial charge in [-0.25, -0.2) is 4.79 Å². The molecule has 0 spiro atoms. The Kier molecular flexibility index (Phi) is 6.00. The number of ether oxygens (including phenoxy) is 1. The van der Waals surface area contributed by atoms with Crippen LogP contribution in [0.4, 0.5) is 0 Å². The van der Waals surface area contributed by atoms with Gasteiger partial charge in [0.25, 0.3) is 0 Å². The van der Waals surface area contributed by atoms with Crippen LogP contribution in [-0.4, -0.2) is 43.9 Å². The van der Waals surface area contributed by atoms with Crippen LogP contribution in [0.2, 0.25) is 0 Å². The Balaban J connectivity index is 1.68. The molecule has 0 aliphatic carbocycles. The predicted molar refractivity (Wildman–Crippen MR) is 120 cm³/mol. The van der Waals surface area contributed by atoms with Crippen LogP contribution < -0.4 is 0 Å². The number of Topliss-reactive ketones (excluding diaryl/α,β-unsaturated/α-hetero) is 1. The summed E-state index contributed by atoms with van der Waals surface area (Å²) < 4.78 is 12.2. The first-order valence-electron chi connectivity index (χ1n) is 9.95. The second-order valence-electron chi connectivity index (χ2n) is 7.20. The number of thioether (sulfide) groups is 1. The maximum Gasteiger partial charge on any atom is 0.339 e. The average molecular weight is 451 g/mol. The fourth-order valence-electron chi connectivity index (χ4n) is 3.54. The van der Waals surface area contributed by atoms with Crippen molar-refractivity contribution in [1.82, 2.24) is 19.7 Å². The molecule has 4 rings (SSSR count). The maximum absolute atomic E-state index is 13.2. The molecule has 0 radical (unpaired) electrons. The van der Waals surface area contributed by atoms with Gasteiger partial charge in [0.1, 0.15) is 0 Å². The topological polar surface area (TPSA) is 103 Å². The quantitative estimate of drug-likeness (QED) is 0.249. The summed E-state index contributed by atoms with van der Waals surface area (Å²) in [4.78, 5) is 28.4. The number of carbonyl (C=O) groups excluding carboxylic acids is 2. The van der Waals surface area contributed by atoms with Gasteiger partial charge in [-0.3, -0.25) is 9.36 Å². The van der Waals surface area contributed by atoms with E-state index < -0.39 is 11.2 Å². The largest absolute Gasteiger partial charge is 0.465 e. The van der Waals surface area contributed by atoms with E-state index in [1.165, 1.54) is 18.9 Å². The summed E-state index contributed by atoms with van der Waals surface area (Å²) in [5.74, 6) is 0.504. The molecule has 1 aromatic carbocycles. The van der Waals surface area contributed by atoms with Gasteiger partial charge in [0.2, 0.25) is 5.82 Å². The number of ketones is 1. The highest BCUT2D eigenvalue weighted by molar-refractivity contribution is 8.00. The highest BCUT2D eigenvalue weighted by Gasteiger charge is 2.28. The number of rotatable bonds is 7. The van der Waals surface area contributed by atoms with Gasteiger partial charge in [0, 0.05) is 11.4 Å². The van der Waals surface area contributed by atoms with E-state index in [1.54, 1.807) is 33.1 Å². The number of hydrogen-bond donors (Lipinski definition) is 1. The maximum atomic E-state index is 13.2. The number of para-hydroxylation sites is 1. The minimum Gasteiger partial charge on any atom is -0.465 e. The number of aromatic amines is 1. The van der Waals surface area contributed by atoms with Crippen LogP contribution in [0.5, 0.6) is 0 Å². The van der Waals surface area contributed by atoms with E-state index >= 15 is 0 Å². The van der Waals surface area contributed by atoms with Crippen LogP contribution in [0, 0.1) is 13.8 Å². The molecule has 0 bridgehead atoms. The van der Waals surface area contributed by atoms with Crippen molar-refractivity contribution in [2.24, 2.45) is 0 Å². The molecule has 1 atom stereocenters. The Bertz CT molecular complexity index is 1260. The van der Waals surface area contributed by atoms with Crippen molar-refractivity contribution in [2.45, 2.75) is 31.2 Å². The van der Waals surface area contributed by atoms with Crippen LogP contribution in [-0.2, 0) is 4.74 Å². The lowest BCUT2D eigenvalue weighted by Crippen LogP contribution is -2.16. The number of nitrogens with zero attached hydrogens (tertiary/aromatic N) is 3. The molecular formula is C23H22N4O4S. The number of nitrogens with one attached hydrogen (secondary N) is 1. The molecule has 1 unspecified atom stereocenters. The first-order valence-corrected chi connectivity index (χ1v) is 10.8. The Morgan fingerprint density at radius 3 is 2.53 bits per heavy atom. The van der Waals surface area contributed by atoms with Gasteiger partial charge < -0.3 is 14.1 Å². The van der Waals surface area contributed by atoms with E-state index in [-0.39, 0.29) is 5.78 Å². The zero-order valence-corrected chi connectivity index (χ0v) is 18.9. The van der Waals surface area contributed by atoms with Crippen LogP contribution in [0.25, 0.3) is 17.3 Å². The minimum absolute atomic E-state index is 0.145. The van der Waals surface area contributed by atoms with Crippen molar-refractivity contribution >= 4 is 23.5 Å². The summed E-state index contributed by atoms with van der Waals surface area (Å²) >= 11 is 1.29. The molecule has 0 amide bonds. The van der Waals surface area contributed by atoms with Gasteiger partial charge in [-0.1, -0.05) is 30.0 Å². The minimum atomic E-state index is -0.492. The zero-order valence-electron chi connectivity index (χ0n) is 18.1. The van der Waals surface area contributed by atoms with Gasteiger partial charge in [-0.05, 0) is 50.6 Å². The summed E-state index contributed by atoms with van der Waals surface area (Å²) in [5, 5.41) is 8.70. The molecule has 0 aliphatic rings. The number of H-pyrrole nitrogens is 1. The number of aromatic nitrogens is 4. The molecule has 0 aliphatic heterocycles. The van der Waals surface area contributed by atoms with E-state index in [9.17, 15) is 9.59 Å². The van der Waals surface area contributed by atoms with Crippen molar-refractivity contribution in [3.05, 3.63) is 71.2 Å². The monoisotopic (exact) mass is 450 g/mol. The molecule has 8 nitrogen and oxygen atoms in total. The number of methoxy groups -OCH3 is 1. The number of benzene rings is 1. The van der Waals surface area contributed by atoms with Crippen molar-refractivity contribution in [1.29, 1.82) is 0 Å². The highest BCUT2D eigenvalue weighted by Crippen LogP contribution is 2.32. The molecule has 32 heavy (non-hydrogen) atoms. The Labute approximate surface area is 189 Å². The summed E-state index contributed by atoms with van der Waals surface area (Å²) in [6.07, 6.45) is 1.58. The molecule has 9 heteroatoms. The van der Waals surface area contributed by atoms with Crippen LogP contribution in [0.15, 0.2) is 58.3 Å². The van der Waals surface area contributed by atoms with E-state index in [2.05, 4.69) is 15.2 Å². The van der Waals surface area contributed by atoms with Gasteiger partial charge in [0.05, 0.1) is 29.9 Å². The van der Waals surface area contributed by atoms with Crippen molar-refractivity contribution in [3.63, 3.8) is 0 Å². The Hall–Kier alpha value is -3.59. The molecular weight excluding hydrogens is 428 g/mol. The third-order valence-electron chi connectivity index (χ3n) is 5.11. The Morgan fingerprint density at radius 1 is 1.12 bits per heavy atom. The summed E-state index contributed by atoms with van der Waals surface area (Å²) in [5.41, 5.74) is 2.81. The molecule has 0 fully saturated rings. The van der Waals surface area contributed by atoms with Crippen LogP contribution in [0.1, 0.15) is 39.0 Å². The van der Waals surface area contributed by atoms with Crippen molar-refractivity contribution < 1.29 is 18.7 Å². The molecule has 3 aromatic heterocycles. The van der Waals surface area contributed by atoms with Gasteiger partial charge in [-0.15, -0.1) is 10.2 Å². The number of hydrogen-bond acceptors (Lipinski definition) is 7. The molecule has 3 heterocycles. The second-order valence-corrected chi connectivity index (χ2v) is 8.50. The summed E-state index contributed by atoms with van der Waals surface area (Å²) in [6, 6.07) is 13.2. The lowest BCUT2D eigenvalue weighted by molar-refractivity contribution is 0.0599. The van der Waals surface area contributed by atoms with E-state index in [0.29, 0.717) is 39.3 Å². The fourth-order valence-corrected chi connectivity index (χ4v) is 4.47. The first-order chi connectivity index (χ1) is 15.4. The number of furan rings is 1. The summed E-state index contributed by atoms with van der Waals surface area (Å²) in [7, 11) is 1.32. The average Bonchev–Trinajstić information content (AvgIpc) is 3.52. The molecule has 164 valence electrons. The lowest BCUT2D eigenvalue weighted by atomic mass is 10.1. The van der Waals surface area contributed by atoms with Crippen LogP contribution >= 0.6 is 11.8 Å². The molecule has 1 N–H and O–H groups in total. The van der Waals surface area contributed by atoms with Gasteiger partial charge >= 0.3 is 5.97 Å². The van der Waals surface area contributed by atoms with Crippen molar-refractivity contribution in [3.8, 4) is 17.3 Å². The fraction of sp³-hybridized carbons (Fsp3) is 0.217. The highest BCUT2D eigenvalue weighted by atomic mass is 32.2. The third-order valence-corrected chi connectivity index (χ3v) is 6.16. The van der Waals surface area contributed by atoms with E-state index in [0.717, 1.165) is 5.69 Å². The lowest BCUT2D eigenvalue weighted by Gasteiger charge is -2.12. The molecule has 4 aromatic rings. The number of esters is 1. The first kappa shape index (κ1) is 21.6. The molecule has 0 saturated carbocycles. The summed E-state index contributed by atoms with van der Waals surface area (Å²) in [6.45, 7) is 5.29. The standard InChI is InChI=1S/C23H22N4O4S/c1-13-18(22(29)30-4)14(2)24-19(13)20(28)15(3)32-23-26-25-21(17-11-8-12-31-17)27(23)16-9-6-5-7-10-16/h5-12,15,24H,1-4H3. The Morgan fingerprint density at radius 2 is 1.88 bits per heavy atom. The third kappa shape index (κ3) is 3.87. The van der Waals surface area contributed by atoms with E-state index in [4.69, 9.17) is 9.15 Å². The van der Waals surface area contributed by atoms with Crippen LogP contribution in [0.3, 0.4) is 0 Å². The predicted octanol–water partition coefficient (Wildman–Crippen LogP) is 4.62. The zero-order chi connectivity index (χ0) is 22.8.